The van der Waals surface area contributed by atoms with Crippen molar-refractivity contribution in [2.75, 3.05) is 18.1 Å². The highest BCUT2D eigenvalue weighted by atomic mass is 32.1. The fourth-order valence-electron chi connectivity index (χ4n) is 4.55. The fraction of sp³-hybridized carbons (Fsp3) is 0.290. The third-order valence-electron chi connectivity index (χ3n) is 6.62. The summed E-state index contributed by atoms with van der Waals surface area (Å²) in [5.74, 6) is -1.65. The number of amides is 1. The molecule has 1 aromatic heterocycles. The van der Waals surface area contributed by atoms with Gasteiger partial charge in [-0.1, -0.05) is 62.1 Å². The first kappa shape index (κ1) is 28.8. The quantitative estimate of drug-likeness (QED) is 0.108. The second kappa shape index (κ2) is 11.9. The number of nitrogens with zero attached hydrogens (tertiary/aromatic N) is 2. The molecule has 1 aliphatic rings. The molecular formula is C31H32N2O6S. The van der Waals surface area contributed by atoms with E-state index in [0.717, 1.165) is 22.5 Å². The number of ketones is 1. The van der Waals surface area contributed by atoms with Crippen LogP contribution in [0.25, 0.3) is 5.76 Å². The van der Waals surface area contributed by atoms with Crippen LogP contribution in [0, 0.1) is 13.8 Å². The lowest BCUT2D eigenvalue weighted by Crippen LogP contribution is -2.29. The SMILES string of the molecule is C=CCOC(=O)c1sc(N2C(=O)C(=O)C(=C(O)c3ccc(OCC)c(C)c3)C2c2ccc(C(C)C)cc2)nc1C. The average Bonchev–Trinajstić information content (AvgIpc) is 3.44. The standard InChI is InChI=1S/C31H32N2O6S/c1-7-15-39-30(37)28-19(6)32-31(40-28)33-25(21-11-9-20(10-12-21)17(3)4)24(27(35)29(33)36)26(34)22-13-14-23(38-8-2)18(5)16-22/h7,9-14,16-17,25,34H,1,8,15H2,2-6H3. The predicted molar refractivity (Wildman–Crippen MR) is 155 cm³/mol. The van der Waals surface area contributed by atoms with Gasteiger partial charge in [0.2, 0.25) is 0 Å². The second-order valence-corrected chi connectivity index (χ2v) is 10.7. The van der Waals surface area contributed by atoms with Crippen molar-refractivity contribution in [3.63, 3.8) is 0 Å². The molecule has 9 heteroatoms. The van der Waals surface area contributed by atoms with Crippen LogP contribution in [-0.4, -0.2) is 41.0 Å². The van der Waals surface area contributed by atoms with Gasteiger partial charge < -0.3 is 14.6 Å². The van der Waals surface area contributed by atoms with E-state index in [1.807, 2.05) is 38.1 Å². The van der Waals surface area contributed by atoms with Gasteiger partial charge in [-0.2, -0.15) is 0 Å². The van der Waals surface area contributed by atoms with Crippen molar-refractivity contribution in [1.29, 1.82) is 0 Å². The van der Waals surface area contributed by atoms with Crippen LogP contribution in [0.5, 0.6) is 5.75 Å². The first-order valence-corrected chi connectivity index (χ1v) is 13.8. The number of carbonyl (C=O) groups is 3. The van der Waals surface area contributed by atoms with Crippen molar-refractivity contribution in [2.45, 2.75) is 46.6 Å². The van der Waals surface area contributed by atoms with Crippen LogP contribution >= 0.6 is 11.3 Å². The number of aliphatic hydroxyl groups excluding tert-OH is 1. The van der Waals surface area contributed by atoms with E-state index in [9.17, 15) is 19.5 Å². The van der Waals surface area contributed by atoms with Gasteiger partial charge in [-0.3, -0.25) is 14.5 Å². The molecule has 40 heavy (non-hydrogen) atoms. The molecule has 2 heterocycles. The number of aryl methyl sites for hydroxylation is 2. The van der Waals surface area contributed by atoms with Crippen LogP contribution in [0.15, 0.2) is 60.7 Å². The van der Waals surface area contributed by atoms with Crippen LogP contribution in [0.2, 0.25) is 0 Å². The first-order chi connectivity index (χ1) is 19.1. The number of thiazole rings is 1. The monoisotopic (exact) mass is 560 g/mol. The zero-order chi connectivity index (χ0) is 29.1. The molecule has 0 bridgehead atoms. The number of hydrogen-bond acceptors (Lipinski definition) is 8. The van der Waals surface area contributed by atoms with E-state index < -0.39 is 23.7 Å². The predicted octanol–water partition coefficient (Wildman–Crippen LogP) is 6.25. The number of carbonyl (C=O) groups excluding carboxylic acids is 3. The molecule has 1 saturated heterocycles. The van der Waals surface area contributed by atoms with E-state index in [-0.39, 0.29) is 33.9 Å². The number of aliphatic hydroxyl groups is 1. The largest absolute Gasteiger partial charge is 0.507 e. The number of benzene rings is 2. The van der Waals surface area contributed by atoms with Crippen LogP contribution in [-0.2, 0) is 14.3 Å². The molecule has 0 spiro atoms. The minimum Gasteiger partial charge on any atom is -0.507 e. The third kappa shape index (κ3) is 5.42. The highest BCUT2D eigenvalue weighted by Crippen LogP contribution is 2.44. The van der Waals surface area contributed by atoms with Crippen LogP contribution in [0.4, 0.5) is 5.13 Å². The van der Waals surface area contributed by atoms with Crippen molar-refractivity contribution >= 4 is 39.9 Å². The Labute approximate surface area is 237 Å². The minimum absolute atomic E-state index is 0.0275. The lowest BCUT2D eigenvalue weighted by molar-refractivity contribution is -0.132. The van der Waals surface area contributed by atoms with Crippen molar-refractivity contribution < 1.29 is 29.0 Å². The number of aromatic nitrogens is 1. The summed E-state index contributed by atoms with van der Waals surface area (Å²) in [6.45, 7) is 13.6. The van der Waals surface area contributed by atoms with Gasteiger partial charge in [0.25, 0.3) is 5.78 Å². The zero-order valence-electron chi connectivity index (χ0n) is 23.2. The smallest absolute Gasteiger partial charge is 0.350 e. The van der Waals surface area contributed by atoms with Gasteiger partial charge in [-0.25, -0.2) is 9.78 Å². The molecule has 1 unspecified atom stereocenters. The summed E-state index contributed by atoms with van der Waals surface area (Å²) >= 11 is 0.959. The molecule has 0 saturated carbocycles. The Morgan fingerprint density at radius 1 is 1.18 bits per heavy atom. The van der Waals surface area contributed by atoms with Crippen molar-refractivity contribution in [3.05, 3.63) is 93.5 Å². The second-order valence-electron chi connectivity index (χ2n) is 9.70. The van der Waals surface area contributed by atoms with Crippen LogP contribution in [0.3, 0.4) is 0 Å². The minimum atomic E-state index is -0.962. The molecular weight excluding hydrogens is 528 g/mol. The summed E-state index contributed by atoms with van der Waals surface area (Å²) in [5.41, 5.74) is 3.17. The Kier molecular flexibility index (Phi) is 8.54. The molecule has 8 nitrogen and oxygen atoms in total. The van der Waals surface area contributed by atoms with Crippen LogP contribution < -0.4 is 9.64 Å². The van der Waals surface area contributed by atoms with E-state index in [1.54, 1.807) is 25.1 Å². The summed E-state index contributed by atoms with van der Waals surface area (Å²) in [6, 6.07) is 11.7. The Hall–Kier alpha value is -4.24. The summed E-state index contributed by atoms with van der Waals surface area (Å²) in [5, 5.41) is 11.6. The molecule has 4 rings (SSSR count). The molecule has 0 radical (unpaired) electrons. The average molecular weight is 561 g/mol. The molecule has 1 aliphatic heterocycles. The Morgan fingerprint density at radius 2 is 1.88 bits per heavy atom. The van der Waals surface area contributed by atoms with Crippen molar-refractivity contribution in [3.8, 4) is 5.75 Å². The van der Waals surface area contributed by atoms with E-state index >= 15 is 0 Å². The number of Topliss-reactive ketones (excluding diaryl/α,β-unsaturated/α-hetero) is 1. The van der Waals surface area contributed by atoms with Crippen LogP contribution in [0.1, 0.15) is 70.4 Å². The summed E-state index contributed by atoms with van der Waals surface area (Å²) in [7, 11) is 0. The van der Waals surface area contributed by atoms with Crippen molar-refractivity contribution in [1.82, 2.24) is 4.98 Å². The summed E-state index contributed by atoms with van der Waals surface area (Å²) < 4.78 is 10.8. The normalized spacial score (nSPS) is 16.4. The number of ether oxygens (including phenoxy) is 2. The highest BCUT2D eigenvalue weighted by molar-refractivity contribution is 7.17. The lowest BCUT2D eigenvalue weighted by atomic mass is 9.93. The van der Waals surface area contributed by atoms with E-state index in [0.29, 0.717) is 29.2 Å². The maximum atomic E-state index is 13.5. The van der Waals surface area contributed by atoms with E-state index in [2.05, 4.69) is 25.4 Å². The Balaban J connectivity index is 1.88. The van der Waals surface area contributed by atoms with Gasteiger partial charge in [0.05, 0.1) is 23.9 Å². The number of esters is 1. The third-order valence-corrected chi connectivity index (χ3v) is 7.76. The molecule has 1 fully saturated rings. The van der Waals surface area contributed by atoms with Gasteiger partial charge >= 0.3 is 11.9 Å². The maximum Gasteiger partial charge on any atom is 0.350 e. The first-order valence-electron chi connectivity index (χ1n) is 13.0. The van der Waals surface area contributed by atoms with Crippen molar-refractivity contribution in [2.24, 2.45) is 0 Å². The number of anilines is 1. The summed E-state index contributed by atoms with van der Waals surface area (Å²) in [6.07, 6.45) is 1.46. The molecule has 1 atom stereocenters. The highest BCUT2D eigenvalue weighted by Gasteiger charge is 2.48. The zero-order valence-corrected chi connectivity index (χ0v) is 24.0. The fourth-order valence-corrected chi connectivity index (χ4v) is 5.54. The molecule has 2 aromatic carbocycles. The van der Waals surface area contributed by atoms with Gasteiger partial charge in [0.15, 0.2) is 5.13 Å². The molecule has 3 aromatic rings. The van der Waals surface area contributed by atoms with Gasteiger partial charge in [0.1, 0.15) is 23.0 Å². The van der Waals surface area contributed by atoms with Gasteiger partial charge in [0, 0.05) is 5.56 Å². The molecule has 1 amide bonds. The topological polar surface area (TPSA) is 106 Å². The van der Waals surface area contributed by atoms with Gasteiger partial charge in [-0.05, 0) is 61.6 Å². The Bertz CT molecular complexity index is 1500. The summed E-state index contributed by atoms with van der Waals surface area (Å²) in [4.78, 5) is 45.6. The maximum absolute atomic E-state index is 13.5. The Morgan fingerprint density at radius 3 is 2.48 bits per heavy atom. The lowest BCUT2D eigenvalue weighted by Gasteiger charge is -2.23. The molecule has 0 aliphatic carbocycles. The number of hydrogen-bond donors (Lipinski definition) is 1. The van der Waals surface area contributed by atoms with E-state index in [4.69, 9.17) is 9.47 Å². The van der Waals surface area contributed by atoms with Gasteiger partial charge in [-0.15, -0.1) is 0 Å². The molecule has 208 valence electrons. The van der Waals surface area contributed by atoms with E-state index in [1.165, 1.54) is 11.0 Å². The number of rotatable bonds is 9. The molecule has 1 N–H and O–H groups in total.